The molecule has 0 aromatic carbocycles. The molecule has 1 saturated heterocycles. The Morgan fingerprint density at radius 3 is 2.73 bits per heavy atom. The second-order valence-electron chi connectivity index (χ2n) is 6.25. The van der Waals surface area contributed by atoms with Crippen LogP contribution in [0.1, 0.15) is 49.7 Å². The number of nitrogens with zero attached hydrogens (tertiary/aromatic N) is 3. The summed E-state index contributed by atoms with van der Waals surface area (Å²) >= 11 is 0. The number of nitrogens with one attached hydrogen (secondary N) is 1. The minimum Gasteiger partial charge on any atom is -0.373 e. The molecule has 0 saturated carbocycles. The van der Waals surface area contributed by atoms with E-state index in [4.69, 9.17) is 4.74 Å². The summed E-state index contributed by atoms with van der Waals surface area (Å²) in [7, 11) is 0. The van der Waals surface area contributed by atoms with Gasteiger partial charge in [-0.2, -0.15) is 0 Å². The zero-order valence-electron chi connectivity index (χ0n) is 13.9. The van der Waals surface area contributed by atoms with Crippen LogP contribution in [0.3, 0.4) is 0 Å². The van der Waals surface area contributed by atoms with E-state index in [1.807, 2.05) is 13.8 Å². The molecule has 2 heterocycles. The van der Waals surface area contributed by atoms with Gasteiger partial charge in [0, 0.05) is 32.4 Å². The number of hydrogen-bond donors (Lipinski definition) is 1. The highest BCUT2D eigenvalue weighted by molar-refractivity contribution is 5.95. The SMILES string of the molecule is CC(C)c1ncncc1C(=O)NCCN1C[C@H](C)O[C@@H](C)C1. The standard InChI is InChI=1S/C16H26N4O2/c1-11(2)15-14(7-17-10-19-15)16(21)18-5-6-20-8-12(3)22-13(4)9-20/h7,10-13H,5-6,8-9H2,1-4H3,(H,18,21)/t12-,13-/m0/s1. The van der Waals surface area contributed by atoms with Crippen molar-refractivity contribution in [3.05, 3.63) is 23.8 Å². The summed E-state index contributed by atoms with van der Waals surface area (Å²) in [5.74, 6) is 0.100. The summed E-state index contributed by atoms with van der Waals surface area (Å²) in [6.07, 6.45) is 3.57. The van der Waals surface area contributed by atoms with E-state index in [0.717, 1.165) is 25.3 Å². The third-order valence-electron chi connectivity index (χ3n) is 3.74. The Labute approximate surface area is 132 Å². The third-order valence-corrected chi connectivity index (χ3v) is 3.74. The number of rotatable bonds is 5. The van der Waals surface area contributed by atoms with Gasteiger partial charge in [-0.25, -0.2) is 9.97 Å². The lowest BCUT2D eigenvalue weighted by Crippen LogP contribution is -2.47. The van der Waals surface area contributed by atoms with E-state index >= 15 is 0 Å². The molecule has 2 atom stereocenters. The Morgan fingerprint density at radius 2 is 2.09 bits per heavy atom. The fraction of sp³-hybridized carbons (Fsp3) is 0.688. The Hall–Kier alpha value is -1.53. The van der Waals surface area contributed by atoms with Crippen LogP contribution in [-0.2, 0) is 4.74 Å². The van der Waals surface area contributed by atoms with Crippen molar-refractivity contribution >= 4 is 5.91 Å². The van der Waals surface area contributed by atoms with Crippen molar-refractivity contribution in [1.29, 1.82) is 0 Å². The topological polar surface area (TPSA) is 67.4 Å². The van der Waals surface area contributed by atoms with Gasteiger partial charge in [-0.1, -0.05) is 13.8 Å². The molecule has 1 aliphatic heterocycles. The quantitative estimate of drug-likeness (QED) is 0.891. The zero-order chi connectivity index (χ0) is 16.1. The molecule has 0 bridgehead atoms. The molecule has 0 aliphatic carbocycles. The fourth-order valence-electron chi connectivity index (χ4n) is 2.86. The molecule has 1 amide bonds. The van der Waals surface area contributed by atoms with Crippen molar-refractivity contribution in [2.45, 2.75) is 45.8 Å². The number of ether oxygens (including phenoxy) is 1. The van der Waals surface area contributed by atoms with Crippen molar-refractivity contribution < 1.29 is 9.53 Å². The van der Waals surface area contributed by atoms with Gasteiger partial charge in [0.1, 0.15) is 6.33 Å². The van der Waals surface area contributed by atoms with Crippen LogP contribution in [0.15, 0.2) is 12.5 Å². The lowest BCUT2D eigenvalue weighted by atomic mass is 10.0. The van der Waals surface area contributed by atoms with Gasteiger partial charge < -0.3 is 10.1 Å². The summed E-state index contributed by atoms with van der Waals surface area (Å²) in [5, 5.41) is 2.97. The van der Waals surface area contributed by atoms with Crippen LogP contribution in [0.2, 0.25) is 0 Å². The van der Waals surface area contributed by atoms with E-state index in [-0.39, 0.29) is 24.0 Å². The van der Waals surface area contributed by atoms with Gasteiger partial charge in [-0.15, -0.1) is 0 Å². The highest BCUT2D eigenvalue weighted by Crippen LogP contribution is 2.15. The highest BCUT2D eigenvalue weighted by atomic mass is 16.5. The first-order valence-electron chi connectivity index (χ1n) is 7.93. The number of hydrogen-bond acceptors (Lipinski definition) is 5. The minimum atomic E-state index is -0.0985. The molecule has 2 rings (SSSR count). The maximum atomic E-state index is 12.3. The Kier molecular flexibility index (Phi) is 5.85. The largest absolute Gasteiger partial charge is 0.373 e. The van der Waals surface area contributed by atoms with E-state index in [1.165, 1.54) is 6.33 Å². The lowest BCUT2D eigenvalue weighted by molar-refractivity contribution is -0.0672. The van der Waals surface area contributed by atoms with E-state index < -0.39 is 0 Å². The molecule has 1 aromatic heterocycles. The molecular weight excluding hydrogens is 280 g/mol. The second-order valence-corrected chi connectivity index (χ2v) is 6.25. The fourth-order valence-corrected chi connectivity index (χ4v) is 2.86. The van der Waals surface area contributed by atoms with Crippen molar-refractivity contribution in [3.63, 3.8) is 0 Å². The Balaban J connectivity index is 1.86. The number of amides is 1. The number of carbonyl (C=O) groups excluding carboxylic acids is 1. The van der Waals surface area contributed by atoms with Crippen molar-refractivity contribution in [3.8, 4) is 0 Å². The average molecular weight is 306 g/mol. The third kappa shape index (κ3) is 4.48. The van der Waals surface area contributed by atoms with Gasteiger partial charge in [0.15, 0.2) is 0 Å². The molecule has 1 aromatic rings. The Morgan fingerprint density at radius 1 is 1.41 bits per heavy atom. The van der Waals surface area contributed by atoms with Gasteiger partial charge >= 0.3 is 0 Å². The summed E-state index contributed by atoms with van der Waals surface area (Å²) in [6.45, 7) is 11.5. The van der Waals surface area contributed by atoms with Crippen LogP contribution >= 0.6 is 0 Å². The van der Waals surface area contributed by atoms with Gasteiger partial charge in [0.2, 0.25) is 0 Å². The Bertz CT molecular complexity index is 497. The number of aromatic nitrogens is 2. The van der Waals surface area contributed by atoms with Crippen LogP contribution in [0.25, 0.3) is 0 Å². The van der Waals surface area contributed by atoms with Gasteiger partial charge in [-0.3, -0.25) is 9.69 Å². The van der Waals surface area contributed by atoms with Crippen LogP contribution in [-0.4, -0.2) is 59.2 Å². The smallest absolute Gasteiger partial charge is 0.254 e. The van der Waals surface area contributed by atoms with E-state index in [0.29, 0.717) is 12.1 Å². The lowest BCUT2D eigenvalue weighted by Gasteiger charge is -2.35. The van der Waals surface area contributed by atoms with Crippen molar-refractivity contribution in [2.24, 2.45) is 0 Å². The number of carbonyl (C=O) groups is 1. The van der Waals surface area contributed by atoms with Gasteiger partial charge in [0.05, 0.1) is 23.5 Å². The molecule has 22 heavy (non-hydrogen) atoms. The second kappa shape index (κ2) is 7.65. The normalized spacial score (nSPS) is 22.8. The first-order chi connectivity index (χ1) is 10.5. The molecule has 0 radical (unpaired) electrons. The summed E-state index contributed by atoms with van der Waals surface area (Å²) in [6, 6.07) is 0. The van der Waals surface area contributed by atoms with Gasteiger partial charge in [0.25, 0.3) is 5.91 Å². The maximum Gasteiger partial charge on any atom is 0.254 e. The molecule has 6 nitrogen and oxygen atoms in total. The monoisotopic (exact) mass is 306 g/mol. The van der Waals surface area contributed by atoms with Gasteiger partial charge in [-0.05, 0) is 19.8 Å². The van der Waals surface area contributed by atoms with Crippen LogP contribution in [0.5, 0.6) is 0 Å². The molecule has 1 aliphatic rings. The summed E-state index contributed by atoms with van der Waals surface area (Å²) in [5.41, 5.74) is 1.36. The molecule has 1 N–H and O–H groups in total. The summed E-state index contributed by atoms with van der Waals surface area (Å²) < 4.78 is 5.71. The summed E-state index contributed by atoms with van der Waals surface area (Å²) in [4.78, 5) is 22.8. The molecule has 1 fully saturated rings. The van der Waals surface area contributed by atoms with Crippen LogP contribution in [0, 0.1) is 0 Å². The molecule has 0 unspecified atom stereocenters. The average Bonchev–Trinajstić information content (AvgIpc) is 2.46. The van der Waals surface area contributed by atoms with E-state index in [9.17, 15) is 4.79 Å². The minimum absolute atomic E-state index is 0.0985. The van der Waals surface area contributed by atoms with E-state index in [1.54, 1.807) is 6.20 Å². The number of morpholine rings is 1. The predicted octanol–water partition coefficient (Wildman–Crippen LogP) is 1.44. The molecular formula is C16H26N4O2. The first-order valence-corrected chi connectivity index (χ1v) is 7.93. The molecule has 122 valence electrons. The zero-order valence-corrected chi connectivity index (χ0v) is 13.9. The maximum absolute atomic E-state index is 12.3. The first kappa shape index (κ1) is 16.8. The van der Waals surface area contributed by atoms with Crippen LogP contribution in [0.4, 0.5) is 0 Å². The molecule has 6 heteroatoms. The van der Waals surface area contributed by atoms with E-state index in [2.05, 4.69) is 34.0 Å². The van der Waals surface area contributed by atoms with Crippen molar-refractivity contribution in [2.75, 3.05) is 26.2 Å². The highest BCUT2D eigenvalue weighted by Gasteiger charge is 2.22. The van der Waals surface area contributed by atoms with Crippen molar-refractivity contribution in [1.82, 2.24) is 20.2 Å². The van der Waals surface area contributed by atoms with Crippen LogP contribution < -0.4 is 5.32 Å². The predicted molar refractivity (Wildman–Crippen MR) is 84.9 cm³/mol. The molecule has 0 spiro atoms.